The van der Waals surface area contributed by atoms with E-state index in [0.717, 1.165) is 11.0 Å². The van der Waals surface area contributed by atoms with Gasteiger partial charge in [0.15, 0.2) is 0 Å². The van der Waals surface area contributed by atoms with Gasteiger partial charge in [0, 0.05) is 17.2 Å². The summed E-state index contributed by atoms with van der Waals surface area (Å²) in [6.45, 7) is 5.55. The molecule has 3 nitrogen and oxygen atoms in total. The molecule has 1 heterocycles. The number of nitrogens with one attached hydrogen (secondary N) is 1. The lowest BCUT2D eigenvalue weighted by Gasteiger charge is -2.23. The van der Waals surface area contributed by atoms with Crippen molar-refractivity contribution in [2.24, 2.45) is 11.1 Å². The van der Waals surface area contributed by atoms with Gasteiger partial charge in [-0.2, -0.15) is 0 Å². The first kappa shape index (κ1) is 12.7. The van der Waals surface area contributed by atoms with Crippen molar-refractivity contribution in [1.29, 1.82) is 0 Å². The summed E-state index contributed by atoms with van der Waals surface area (Å²) in [5, 5.41) is 3.80. The molecule has 0 aliphatic heterocycles. The monoisotopic (exact) mass is 291 g/mol. The van der Waals surface area contributed by atoms with Gasteiger partial charge in [0.25, 0.3) is 0 Å². The van der Waals surface area contributed by atoms with E-state index >= 15 is 0 Å². The van der Waals surface area contributed by atoms with Crippen LogP contribution in [0.4, 0.5) is 5.82 Å². The summed E-state index contributed by atoms with van der Waals surface area (Å²) in [4.78, 5) is 4.18. The zero-order valence-electron chi connectivity index (χ0n) is 8.85. The molecule has 0 aliphatic carbocycles. The number of rotatable bonds is 4. The Morgan fingerprint density at radius 1 is 1.60 bits per heavy atom. The van der Waals surface area contributed by atoms with Gasteiger partial charge in [-0.25, -0.2) is 4.98 Å². The van der Waals surface area contributed by atoms with E-state index in [9.17, 15) is 0 Å². The second kappa shape index (κ2) is 5.14. The van der Waals surface area contributed by atoms with Crippen LogP contribution in [0.2, 0.25) is 5.02 Å². The summed E-state index contributed by atoms with van der Waals surface area (Å²) >= 11 is 9.32. The van der Waals surface area contributed by atoms with E-state index in [4.69, 9.17) is 17.3 Å². The van der Waals surface area contributed by atoms with Crippen molar-refractivity contribution < 1.29 is 0 Å². The molecule has 0 aromatic carbocycles. The Balaban J connectivity index is 2.66. The standard InChI is InChI=1S/C10H15BrClN3/c1-10(2,5-13)6-15-9-8(12)3-7(11)4-14-9/h3-4H,5-6,13H2,1-2H3,(H,14,15). The molecule has 1 aromatic heterocycles. The molecule has 84 valence electrons. The van der Waals surface area contributed by atoms with E-state index in [-0.39, 0.29) is 5.41 Å². The van der Waals surface area contributed by atoms with Gasteiger partial charge in [-0.1, -0.05) is 25.4 Å². The predicted molar refractivity (Wildman–Crippen MR) is 68.3 cm³/mol. The van der Waals surface area contributed by atoms with E-state index < -0.39 is 0 Å². The van der Waals surface area contributed by atoms with Crippen LogP contribution in [0.5, 0.6) is 0 Å². The number of halogens is 2. The van der Waals surface area contributed by atoms with Crippen LogP contribution >= 0.6 is 27.5 Å². The molecule has 0 bridgehead atoms. The Bertz CT molecular complexity index is 341. The maximum Gasteiger partial charge on any atom is 0.144 e. The second-order valence-corrected chi connectivity index (χ2v) is 5.53. The minimum Gasteiger partial charge on any atom is -0.368 e. The van der Waals surface area contributed by atoms with Gasteiger partial charge in [0.05, 0.1) is 5.02 Å². The molecule has 0 atom stereocenters. The Hall–Kier alpha value is -0.320. The molecule has 0 saturated heterocycles. The van der Waals surface area contributed by atoms with Crippen LogP contribution < -0.4 is 11.1 Å². The van der Waals surface area contributed by atoms with E-state index in [1.807, 2.05) is 6.07 Å². The molecular weight excluding hydrogens is 277 g/mol. The molecular formula is C10H15BrClN3. The number of nitrogens with two attached hydrogens (primary N) is 1. The summed E-state index contributed by atoms with van der Waals surface area (Å²) in [6, 6.07) is 1.81. The molecule has 0 spiro atoms. The lowest BCUT2D eigenvalue weighted by molar-refractivity contribution is 0.405. The van der Waals surface area contributed by atoms with Crippen LogP contribution in [0, 0.1) is 5.41 Å². The first-order chi connectivity index (χ1) is 6.94. The van der Waals surface area contributed by atoms with Crippen molar-refractivity contribution in [3.63, 3.8) is 0 Å². The molecule has 0 radical (unpaired) electrons. The van der Waals surface area contributed by atoms with Crippen LogP contribution in [0.15, 0.2) is 16.7 Å². The molecule has 5 heteroatoms. The molecule has 0 aliphatic rings. The Morgan fingerprint density at radius 2 is 2.27 bits per heavy atom. The lowest BCUT2D eigenvalue weighted by atomic mass is 9.94. The fourth-order valence-corrected chi connectivity index (χ4v) is 1.64. The zero-order chi connectivity index (χ0) is 11.5. The molecule has 0 unspecified atom stereocenters. The highest BCUT2D eigenvalue weighted by molar-refractivity contribution is 9.10. The van der Waals surface area contributed by atoms with E-state index in [2.05, 4.69) is 40.1 Å². The Kier molecular flexibility index (Phi) is 4.37. The average molecular weight is 293 g/mol. The van der Waals surface area contributed by atoms with Crippen LogP contribution in [-0.2, 0) is 0 Å². The fourth-order valence-electron chi connectivity index (χ4n) is 0.940. The summed E-state index contributed by atoms with van der Waals surface area (Å²) in [7, 11) is 0. The first-order valence-electron chi connectivity index (χ1n) is 4.69. The predicted octanol–water partition coefficient (Wildman–Crippen LogP) is 2.89. The number of anilines is 1. The van der Waals surface area contributed by atoms with Crippen molar-refractivity contribution in [3.05, 3.63) is 21.8 Å². The Morgan fingerprint density at radius 3 is 2.80 bits per heavy atom. The number of hydrogen-bond acceptors (Lipinski definition) is 3. The number of pyridine rings is 1. The van der Waals surface area contributed by atoms with E-state index in [1.165, 1.54) is 0 Å². The highest BCUT2D eigenvalue weighted by Crippen LogP contribution is 2.24. The molecule has 15 heavy (non-hydrogen) atoms. The SMILES string of the molecule is CC(C)(CN)CNc1ncc(Br)cc1Cl. The molecule has 0 saturated carbocycles. The third-order valence-corrected chi connectivity index (χ3v) is 2.82. The quantitative estimate of drug-likeness (QED) is 0.897. The average Bonchev–Trinajstić information content (AvgIpc) is 2.16. The summed E-state index contributed by atoms with van der Waals surface area (Å²) < 4.78 is 0.871. The lowest BCUT2D eigenvalue weighted by Crippen LogP contribution is -2.31. The topological polar surface area (TPSA) is 50.9 Å². The van der Waals surface area contributed by atoms with Crippen molar-refractivity contribution in [2.75, 3.05) is 18.4 Å². The minimum atomic E-state index is 0.0398. The normalized spacial score (nSPS) is 11.5. The molecule has 0 fully saturated rings. The first-order valence-corrected chi connectivity index (χ1v) is 5.87. The number of aromatic nitrogens is 1. The fraction of sp³-hybridized carbons (Fsp3) is 0.500. The second-order valence-electron chi connectivity index (χ2n) is 4.21. The third kappa shape index (κ3) is 3.97. The van der Waals surface area contributed by atoms with Crippen LogP contribution in [0.3, 0.4) is 0 Å². The summed E-state index contributed by atoms with van der Waals surface area (Å²) in [6.07, 6.45) is 1.71. The van der Waals surface area contributed by atoms with Gasteiger partial charge in [-0.15, -0.1) is 0 Å². The van der Waals surface area contributed by atoms with Crippen LogP contribution in [0.25, 0.3) is 0 Å². The van der Waals surface area contributed by atoms with E-state index in [0.29, 0.717) is 17.4 Å². The van der Waals surface area contributed by atoms with Gasteiger partial charge in [-0.3, -0.25) is 0 Å². The van der Waals surface area contributed by atoms with Crippen molar-refractivity contribution in [2.45, 2.75) is 13.8 Å². The van der Waals surface area contributed by atoms with Crippen molar-refractivity contribution >= 4 is 33.3 Å². The van der Waals surface area contributed by atoms with Crippen LogP contribution in [0.1, 0.15) is 13.8 Å². The van der Waals surface area contributed by atoms with Gasteiger partial charge in [0.2, 0.25) is 0 Å². The van der Waals surface area contributed by atoms with Crippen molar-refractivity contribution in [1.82, 2.24) is 4.98 Å². The summed E-state index contributed by atoms with van der Waals surface area (Å²) in [5.74, 6) is 0.696. The molecule has 0 amide bonds. The summed E-state index contributed by atoms with van der Waals surface area (Å²) in [5.41, 5.74) is 5.67. The van der Waals surface area contributed by atoms with Crippen molar-refractivity contribution in [3.8, 4) is 0 Å². The number of hydrogen-bond donors (Lipinski definition) is 2. The highest BCUT2D eigenvalue weighted by Gasteiger charge is 2.15. The van der Waals surface area contributed by atoms with Gasteiger partial charge >= 0.3 is 0 Å². The highest BCUT2D eigenvalue weighted by atomic mass is 79.9. The maximum absolute atomic E-state index is 6.02. The maximum atomic E-state index is 6.02. The Labute approximate surface area is 104 Å². The molecule has 1 aromatic rings. The molecule has 1 rings (SSSR count). The third-order valence-electron chi connectivity index (χ3n) is 2.09. The number of nitrogens with zero attached hydrogens (tertiary/aromatic N) is 1. The van der Waals surface area contributed by atoms with Crippen LogP contribution in [-0.4, -0.2) is 18.1 Å². The smallest absolute Gasteiger partial charge is 0.144 e. The largest absolute Gasteiger partial charge is 0.368 e. The van der Waals surface area contributed by atoms with E-state index in [1.54, 1.807) is 6.20 Å². The zero-order valence-corrected chi connectivity index (χ0v) is 11.2. The van der Waals surface area contributed by atoms with Gasteiger partial charge in [0.1, 0.15) is 5.82 Å². The van der Waals surface area contributed by atoms with Gasteiger partial charge in [-0.05, 0) is 34.0 Å². The minimum absolute atomic E-state index is 0.0398. The van der Waals surface area contributed by atoms with Gasteiger partial charge < -0.3 is 11.1 Å². The molecule has 3 N–H and O–H groups in total.